The number of hydrogen-bond donors (Lipinski definition) is 0. The van der Waals surface area contributed by atoms with Crippen molar-refractivity contribution in [2.24, 2.45) is 5.92 Å². The van der Waals surface area contributed by atoms with Gasteiger partial charge < -0.3 is 0 Å². The van der Waals surface area contributed by atoms with Gasteiger partial charge in [0.1, 0.15) is 0 Å². The van der Waals surface area contributed by atoms with Crippen LogP contribution < -0.4 is 0 Å². The monoisotopic (exact) mass is 497 g/mol. The molecule has 1 aliphatic carbocycles. The van der Waals surface area contributed by atoms with Gasteiger partial charge in [-0.25, -0.2) is 0 Å². The first-order valence-electron chi connectivity index (χ1n) is 13.6. The number of rotatable bonds is 13. The van der Waals surface area contributed by atoms with Gasteiger partial charge in [0, 0.05) is 5.92 Å². The Hall–Kier alpha value is -2.68. The quantitative estimate of drug-likeness (QED) is 0.153. The molecule has 0 bridgehead atoms. The molecular formula is C34H44NP. The molecule has 0 saturated heterocycles. The predicted octanol–water partition coefficient (Wildman–Crippen LogP) is 10.4. The number of nitriles is 1. The lowest BCUT2D eigenvalue weighted by Crippen LogP contribution is -2.05. The van der Waals surface area contributed by atoms with Crippen LogP contribution in [0.3, 0.4) is 0 Å². The minimum Gasteiger partial charge on any atom is -0.192 e. The number of unbranched alkanes of at least 4 members (excludes halogenated alkanes) is 4. The van der Waals surface area contributed by atoms with Gasteiger partial charge >= 0.3 is 0 Å². The van der Waals surface area contributed by atoms with Crippen LogP contribution in [-0.4, -0.2) is 6.16 Å². The Labute approximate surface area is 222 Å². The molecule has 0 aromatic heterocycles. The highest BCUT2D eigenvalue weighted by molar-refractivity contribution is 7.42. The fourth-order valence-electron chi connectivity index (χ4n) is 4.38. The van der Waals surface area contributed by atoms with Crippen LogP contribution in [-0.2, 0) is 6.42 Å². The van der Waals surface area contributed by atoms with Gasteiger partial charge in [-0.1, -0.05) is 126 Å². The van der Waals surface area contributed by atoms with E-state index < -0.39 is 0 Å². The molecule has 2 heteroatoms. The molecule has 0 saturated carbocycles. The molecule has 3 rings (SSSR count). The number of benzene rings is 2. The van der Waals surface area contributed by atoms with Gasteiger partial charge in [-0.3, -0.25) is 0 Å². The van der Waals surface area contributed by atoms with E-state index in [9.17, 15) is 0 Å². The zero-order chi connectivity index (χ0) is 26.2. The Kier molecular flexibility index (Phi) is 13.9. The molecule has 2 unspecified atom stereocenters. The molecule has 0 fully saturated rings. The third-order valence-corrected chi connectivity index (χ3v) is 7.71. The first-order chi connectivity index (χ1) is 17.5. The zero-order valence-electron chi connectivity index (χ0n) is 22.7. The first-order valence-corrected chi connectivity index (χ1v) is 14.8. The van der Waals surface area contributed by atoms with E-state index in [4.69, 9.17) is 5.26 Å². The molecule has 190 valence electrons. The Morgan fingerprint density at radius 3 is 2.11 bits per heavy atom. The summed E-state index contributed by atoms with van der Waals surface area (Å²) in [6, 6.07) is 18.7. The predicted molar refractivity (Wildman–Crippen MR) is 162 cm³/mol. The summed E-state index contributed by atoms with van der Waals surface area (Å²) in [7, 11) is 0.954. The van der Waals surface area contributed by atoms with Crippen LogP contribution in [0.1, 0.15) is 76.8 Å². The average molecular weight is 498 g/mol. The summed E-state index contributed by atoms with van der Waals surface area (Å²) in [4.78, 5) is 0. The van der Waals surface area contributed by atoms with E-state index in [1.807, 2.05) is 38.1 Å². The van der Waals surface area contributed by atoms with Gasteiger partial charge in [0.05, 0.1) is 11.6 Å². The average Bonchev–Trinajstić information content (AvgIpc) is 2.92. The van der Waals surface area contributed by atoms with Crippen molar-refractivity contribution in [3.63, 3.8) is 0 Å². The number of nitrogens with zero attached hydrogens (tertiary/aromatic N) is 1. The van der Waals surface area contributed by atoms with Gasteiger partial charge in [-0.2, -0.15) is 5.26 Å². The standard InChI is InChI=1S/C32H38NP.C2H6/c1-25(2)34-22-8-6-4-5-7-9-27-10-16-30(17-11-27)26(3)23-28-12-18-31(19-13-28)32-20-14-29(24-33)15-21-32;1-2/h10-16,18-21,30,34H,1,3-9,17,22-23H2,2H3;1-2H3. The Morgan fingerprint density at radius 1 is 0.917 bits per heavy atom. The fraction of sp³-hybridized carbons (Fsp3) is 0.382. The molecule has 0 amide bonds. The lowest BCUT2D eigenvalue weighted by Gasteiger charge is -2.19. The van der Waals surface area contributed by atoms with Crippen LogP contribution in [0.15, 0.2) is 96.4 Å². The summed E-state index contributed by atoms with van der Waals surface area (Å²) in [5, 5.41) is 10.3. The summed E-state index contributed by atoms with van der Waals surface area (Å²) in [6.45, 7) is 14.5. The Morgan fingerprint density at radius 2 is 1.53 bits per heavy atom. The second kappa shape index (κ2) is 16.9. The Balaban J connectivity index is 0.00000222. The van der Waals surface area contributed by atoms with Crippen molar-refractivity contribution in [1.82, 2.24) is 0 Å². The van der Waals surface area contributed by atoms with Crippen LogP contribution in [0, 0.1) is 17.2 Å². The SMILES string of the molecule is C=C(C)PCCCCCCCC1=CCC(C(=C)Cc2ccc(-c3ccc(C#N)cc3)cc2)C=C1.CC. The molecular weight excluding hydrogens is 453 g/mol. The van der Waals surface area contributed by atoms with Crippen molar-refractivity contribution in [2.45, 2.75) is 72.1 Å². The van der Waals surface area contributed by atoms with Crippen LogP contribution >= 0.6 is 8.58 Å². The smallest absolute Gasteiger partial charge is 0.0991 e. The summed E-state index contributed by atoms with van der Waals surface area (Å²) < 4.78 is 0. The summed E-state index contributed by atoms with van der Waals surface area (Å²) in [6.07, 6.45) is 18.4. The lowest BCUT2D eigenvalue weighted by molar-refractivity contribution is 0.631. The highest BCUT2D eigenvalue weighted by Gasteiger charge is 2.13. The number of allylic oxidation sites excluding steroid dienone is 6. The molecule has 1 nitrogen and oxygen atoms in total. The van der Waals surface area contributed by atoms with E-state index in [1.54, 1.807) is 0 Å². The molecule has 1 aliphatic rings. The van der Waals surface area contributed by atoms with E-state index in [-0.39, 0.29) is 0 Å². The highest BCUT2D eigenvalue weighted by atomic mass is 31.1. The van der Waals surface area contributed by atoms with E-state index in [1.165, 1.54) is 72.3 Å². The molecule has 0 N–H and O–H groups in total. The topological polar surface area (TPSA) is 23.8 Å². The zero-order valence-corrected chi connectivity index (χ0v) is 23.7. The van der Waals surface area contributed by atoms with Crippen molar-refractivity contribution in [3.05, 3.63) is 108 Å². The summed E-state index contributed by atoms with van der Waals surface area (Å²) in [5.41, 5.74) is 7.10. The van der Waals surface area contributed by atoms with Crippen molar-refractivity contribution >= 4 is 8.58 Å². The minimum atomic E-state index is 0.441. The van der Waals surface area contributed by atoms with E-state index in [2.05, 4.69) is 68.6 Å². The van der Waals surface area contributed by atoms with Crippen molar-refractivity contribution < 1.29 is 0 Å². The van der Waals surface area contributed by atoms with Crippen LogP contribution in [0.2, 0.25) is 0 Å². The van der Waals surface area contributed by atoms with E-state index in [0.29, 0.717) is 11.5 Å². The van der Waals surface area contributed by atoms with Crippen LogP contribution in [0.5, 0.6) is 0 Å². The maximum atomic E-state index is 8.97. The Bertz CT molecular complexity index is 1050. The molecule has 2 atom stereocenters. The summed E-state index contributed by atoms with van der Waals surface area (Å²) in [5.74, 6) is 0.441. The van der Waals surface area contributed by atoms with E-state index >= 15 is 0 Å². The normalized spacial score (nSPS) is 14.6. The van der Waals surface area contributed by atoms with Gasteiger partial charge in [0.2, 0.25) is 0 Å². The molecule has 0 aliphatic heterocycles. The van der Waals surface area contributed by atoms with Gasteiger partial charge in [-0.05, 0) is 74.0 Å². The van der Waals surface area contributed by atoms with Crippen LogP contribution in [0.25, 0.3) is 11.1 Å². The third-order valence-electron chi connectivity index (χ3n) is 6.50. The molecule has 0 heterocycles. The molecule has 2 aromatic rings. The minimum absolute atomic E-state index is 0.441. The van der Waals surface area contributed by atoms with Crippen molar-refractivity contribution in [2.75, 3.05) is 6.16 Å². The van der Waals surface area contributed by atoms with Crippen LogP contribution in [0.4, 0.5) is 0 Å². The molecule has 0 radical (unpaired) electrons. The van der Waals surface area contributed by atoms with Gasteiger partial charge in [0.15, 0.2) is 0 Å². The fourth-order valence-corrected chi connectivity index (χ4v) is 5.24. The van der Waals surface area contributed by atoms with Crippen molar-refractivity contribution in [3.8, 4) is 17.2 Å². The van der Waals surface area contributed by atoms with Gasteiger partial charge in [0.25, 0.3) is 0 Å². The van der Waals surface area contributed by atoms with E-state index in [0.717, 1.165) is 27.0 Å². The highest BCUT2D eigenvalue weighted by Crippen LogP contribution is 2.28. The summed E-state index contributed by atoms with van der Waals surface area (Å²) >= 11 is 0. The molecule has 2 aromatic carbocycles. The van der Waals surface area contributed by atoms with Crippen molar-refractivity contribution in [1.29, 1.82) is 5.26 Å². The van der Waals surface area contributed by atoms with Gasteiger partial charge in [-0.15, -0.1) is 0 Å². The first kappa shape index (κ1) is 29.5. The maximum absolute atomic E-state index is 8.97. The second-order valence-corrected chi connectivity index (χ2v) is 11.1. The number of hydrogen-bond acceptors (Lipinski definition) is 1. The third kappa shape index (κ3) is 10.5. The second-order valence-electron chi connectivity index (χ2n) is 9.43. The maximum Gasteiger partial charge on any atom is 0.0991 e. The lowest BCUT2D eigenvalue weighted by atomic mass is 9.86. The molecule has 36 heavy (non-hydrogen) atoms. The largest absolute Gasteiger partial charge is 0.192 e. The molecule has 0 spiro atoms.